The molecule has 2 N–H and O–H groups in total. The average molecular weight is 176 g/mol. The molecule has 1 rings (SSSR count). The zero-order chi connectivity index (χ0) is 9.68. The summed E-state index contributed by atoms with van der Waals surface area (Å²) in [5, 5.41) is 8.61. The van der Waals surface area contributed by atoms with Gasteiger partial charge in [-0.2, -0.15) is 5.26 Å². The highest BCUT2D eigenvalue weighted by Gasteiger charge is 1.99. The fraction of sp³-hybridized carbons (Fsp3) is 0.300. The van der Waals surface area contributed by atoms with Crippen LogP contribution in [0, 0.1) is 11.3 Å². The summed E-state index contributed by atoms with van der Waals surface area (Å²) in [6.45, 7) is 2.71. The van der Waals surface area contributed by atoms with Gasteiger partial charge in [-0.1, -0.05) is 6.92 Å². The quantitative estimate of drug-likeness (QED) is 0.716. The Morgan fingerprint density at radius 1 is 1.54 bits per heavy atom. The summed E-state index contributed by atoms with van der Waals surface area (Å²) in [6.07, 6.45) is 0.958. The lowest BCUT2D eigenvalue weighted by molar-refractivity contribution is 0.317. The topological polar surface area (TPSA) is 59.0 Å². The SMILES string of the molecule is CCCOc1ccc(C#N)c(N)c1. The molecule has 1 aromatic rings. The first kappa shape index (κ1) is 9.40. The minimum Gasteiger partial charge on any atom is -0.494 e. The Morgan fingerprint density at radius 3 is 2.85 bits per heavy atom. The van der Waals surface area contributed by atoms with E-state index in [4.69, 9.17) is 15.7 Å². The molecule has 0 aliphatic carbocycles. The second-order valence-corrected chi connectivity index (χ2v) is 2.71. The summed E-state index contributed by atoms with van der Waals surface area (Å²) in [6, 6.07) is 7.09. The summed E-state index contributed by atoms with van der Waals surface area (Å²) in [5.41, 5.74) is 6.56. The molecule has 1 aromatic carbocycles. The van der Waals surface area contributed by atoms with E-state index in [0.717, 1.165) is 12.2 Å². The highest BCUT2D eigenvalue weighted by atomic mass is 16.5. The summed E-state index contributed by atoms with van der Waals surface area (Å²) >= 11 is 0. The van der Waals surface area contributed by atoms with Gasteiger partial charge in [-0.25, -0.2) is 0 Å². The predicted octanol–water partition coefficient (Wildman–Crippen LogP) is 1.93. The number of anilines is 1. The normalized spacial score (nSPS) is 9.23. The Morgan fingerprint density at radius 2 is 2.31 bits per heavy atom. The second-order valence-electron chi connectivity index (χ2n) is 2.71. The minimum absolute atomic E-state index is 0.469. The number of nitrogens with zero attached hydrogens (tertiary/aromatic N) is 1. The van der Waals surface area contributed by atoms with E-state index in [-0.39, 0.29) is 0 Å². The van der Waals surface area contributed by atoms with Crippen molar-refractivity contribution in [2.75, 3.05) is 12.3 Å². The van der Waals surface area contributed by atoms with Crippen LogP contribution in [0.25, 0.3) is 0 Å². The Bertz CT molecular complexity index is 328. The van der Waals surface area contributed by atoms with Crippen molar-refractivity contribution in [3.05, 3.63) is 23.8 Å². The molecule has 0 radical (unpaired) electrons. The molecule has 0 saturated carbocycles. The molecule has 13 heavy (non-hydrogen) atoms. The number of hydrogen-bond donors (Lipinski definition) is 1. The summed E-state index contributed by atoms with van der Waals surface area (Å²) < 4.78 is 5.35. The van der Waals surface area contributed by atoms with Crippen molar-refractivity contribution in [1.29, 1.82) is 5.26 Å². The summed E-state index contributed by atoms with van der Waals surface area (Å²) in [7, 11) is 0. The lowest BCUT2D eigenvalue weighted by Gasteiger charge is -2.05. The van der Waals surface area contributed by atoms with Gasteiger partial charge in [-0.15, -0.1) is 0 Å². The van der Waals surface area contributed by atoms with Crippen LogP contribution in [0.1, 0.15) is 18.9 Å². The van der Waals surface area contributed by atoms with E-state index in [1.54, 1.807) is 18.2 Å². The maximum atomic E-state index is 8.61. The zero-order valence-corrected chi connectivity index (χ0v) is 7.58. The third kappa shape index (κ3) is 2.38. The van der Waals surface area contributed by atoms with Gasteiger partial charge < -0.3 is 10.5 Å². The van der Waals surface area contributed by atoms with Crippen LogP contribution in [-0.2, 0) is 0 Å². The monoisotopic (exact) mass is 176 g/mol. The van der Waals surface area contributed by atoms with E-state index in [9.17, 15) is 0 Å². The molecule has 0 aliphatic heterocycles. The van der Waals surface area contributed by atoms with Gasteiger partial charge in [0.25, 0.3) is 0 Å². The highest BCUT2D eigenvalue weighted by molar-refractivity contribution is 5.56. The Balaban J connectivity index is 2.79. The van der Waals surface area contributed by atoms with Crippen LogP contribution >= 0.6 is 0 Å². The number of nitrogens with two attached hydrogens (primary N) is 1. The van der Waals surface area contributed by atoms with Gasteiger partial charge in [0, 0.05) is 6.07 Å². The average Bonchev–Trinajstić information content (AvgIpc) is 2.15. The van der Waals surface area contributed by atoms with Gasteiger partial charge in [0.05, 0.1) is 17.9 Å². The fourth-order valence-corrected chi connectivity index (χ4v) is 0.952. The van der Waals surface area contributed by atoms with Crippen LogP contribution in [0.3, 0.4) is 0 Å². The number of nitrogen functional groups attached to an aromatic ring is 1. The summed E-state index contributed by atoms with van der Waals surface area (Å²) in [4.78, 5) is 0. The maximum Gasteiger partial charge on any atom is 0.121 e. The smallest absolute Gasteiger partial charge is 0.121 e. The molecule has 0 aromatic heterocycles. The van der Waals surface area contributed by atoms with E-state index in [1.807, 2.05) is 13.0 Å². The van der Waals surface area contributed by atoms with Crippen LogP contribution in [-0.4, -0.2) is 6.61 Å². The van der Waals surface area contributed by atoms with E-state index >= 15 is 0 Å². The molecule has 68 valence electrons. The van der Waals surface area contributed by atoms with Crippen LogP contribution in [0.5, 0.6) is 5.75 Å². The number of rotatable bonds is 3. The second kappa shape index (κ2) is 4.36. The molecule has 0 saturated heterocycles. The third-order valence-corrected chi connectivity index (χ3v) is 1.62. The van der Waals surface area contributed by atoms with Crippen molar-refractivity contribution < 1.29 is 4.74 Å². The van der Waals surface area contributed by atoms with E-state index in [1.165, 1.54) is 0 Å². The van der Waals surface area contributed by atoms with Gasteiger partial charge >= 0.3 is 0 Å². The largest absolute Gasteiger partial charge is 0.494 e. The Labute approximate surface area is 77.7 Å². The van der Waals surface area contributed by atoms with Gasteiger partial charge in [-0.3, -0.25) is 0 Å². The first-order valence-corrected chi connectivity index (χ1v) is 4.20. The molecule has 0 spiro atoms. The van der Waals surface area contributed by atoms with Crippen molar-refractivity contribution >= 4 is 5.69 Å². The predicted molar refractivity (Wildman–Crippen MR) is 51.4 cm³/mol. The van der Waals surface area contributed by atoms with E-state index < -0.39 is 0 Å². The fourth-order valence-electron chi connectivity index (χ4n) is 0.952. The molecule has 0 amide bonds. The van der Waals surface area contributed by atoms with Crippen molar-refractivity contribution in [2.45, 2.75) is 13.3 Å². The van der Waals surface area contributed by atoms with Gasteiger partial charge in [0.15, 0.2) is 0 Å². The molecular weight excluding hydrogens is 164 g/mol. The van der Waals surface area contributed by atoms with Gasteiger partial charge in [-0.05, 0) is 18.6 Å². The molecule has 0 unspecified atom stereocenters. The first-order chi connectivity index (χ1) is 6.27. The highest BCUT2D eigenvalue weighted by Crippen LogP contribution is 2.19. The lowest BCUT2D eigenvalue weighted by atomic mass is 10.2. The van der Waals surface area contributed by atoms with Crippen LogP contribution < -0.4 is 10.5 Å². The standard InChI is InChI=1S/C10H12N2O/c1-2-5-13-9-4-3-8(7-11)10(12)6-9/h3-4,6H,2,5,12H2,1H3. The van der Waals surface area contributed by atoms with Crippen LogP contribution in [0.2, 0.25) is 0 Å². The molecular formula is C10H12N2O. The van der Waals surface area contributed by atoms with Crippen molar-refractivity contribution in [3.63, 3.8) is 0 Å². The lowest BCUT2D eigenvalue weighted by Crippen LogP contribution is -1.97. The Kier molecular flexibility index (Phi) is 3.15. The van der Waals surface area contributed by atoms with Gasteiger partial charge in [0.1, 0.15) is 11.8 Å². The molecule has 0 aliphatic rings. The molecule has 3 nitrogen and oxygen atoms in total. The van der Waals surface area contributed by atoms with Crippen molar-refractivity contribution in [3.8, 4) is 11.8 Å². The molecule has 0 atom stereocenters. The minimum atomic E-state index is 0.469. The van der Waals surface area contributed by atoms with Crippen LogP contribution in [0.4, 0.5) is 5.69 Å². The third-order valence-electron chi connectivity index (χ3n) is 1.62. The van der Waals surface area contributed by atoms with E-state index in [2.05, 4.69) is 0 Å². The van der Waals surface area contributed by atoms with Gasteiger partial charge in [0.2, 0.25) is 0 Å². The zero-order valence-electron chi connectivity index (χ0n) is 7.58. The molecule has 0 heterocycles. The summed E-state index contributed by atoms with van der Waals surface area (Å²) in [5.74, 6) is 0.721. The number of ether oxygens (including phenoxy) is 1. The molecule has 3 heteroatoms. The van der Waals surface area contributed by atoms with E-state index in [0.29, 0.717) is 17.9 Å². The number of nitriles is 1. The van der Waals surface area contributed by atoms with Crippen molar-refractivity contribution in [2.24, 2.45) is 0 Å². The first-order valence-electron chi connectivity index (χ1n) is 4.20. The maximum absolute atomic E-state index is 8.61. The number of benzene rings is 1. The Hall–Kier alpha value is -1.69. The number of hydrogen-bond acceptors (Lipinski definition) is 3. The van der Waals surface area contributed by atoms with Crippen LogP contribution in [0.15, 0.2) is 18.2 Å². The van der Waals surface area contributed by atoms with Crippen molar-refractivity contribution in [1.82, 2.24) is 0 Å². The molecule has 0 bridgehead atoms. The molecule has 0 fully saturated rings.